The average molecular weight is 357 g/mol. The van der Waals surface area contributed by atoms with E-state index in [1.54, 1.807) is 18.2 Å². The molecular weight excluding hydrogens is 340 g/mol. The van der Waals surface area contributed by atoms with Crippen molar-refractivity contribution < 1.29 is 9.59 Å². The summed E-state index contributed by atoms with van der Waals surface area (Å²) in [5.74, 6) is -0.283. The molecule has 0 spiro atoms. The minimum absolute atomic E-state index is 0.0174. The zero-order valence-electron chi connectivity index (χ0n) is 11.1. The number of nitrogens with one attached hydrogen (secondary N) is 1. The van der Waals surface area contributed by atoms with E-state index in [1.165, 1.54) is 6.42 Å². The van der Waals surface area contributed by atoms with Crippen LogP contribution in [0.3, 0.4) is 0 Å². The summed E-state index contributed by atoms with van der Waals surface area (Å²) in [6.45, 7) is 1.64. The molecule has 1 saturated heterocycles. The molecule has 1 fully saturated rings. The minimum Gasteiger partial charge on any atom is -0.343 e. The van der Waals surface area contributed by atoms with E-state index in [1.807, 2.05) is 4.90 Å². The maximum absolute atomic E-state index is 12.1. The normalized spacial score (nSPS) is 15.0. The summed E-state index contributed by atoms with van der Waals surface area (Å²) in [5, 5.41) is 2.67. The van der Waals surface area contributed by atoms with Crippen LogP contribution in [0, 0.1) is 0 Å². The van der Waals surface area contributed by atoms with Gasteiger partial charge in [-0.2, -0.15) is 0 Å². The molecule has 0 bridgehead atoms. The van der Waals surface area contributed by atoms with Crippen molar-refractivity contribution in [3.63, 3.8) is 0 Å². The first kappa shape index (κ1) is 15.4. The Morgan fingerprint density at radius 1 is 1.25 bits per heavy atom. The highest BCUT2D eigenvalue weighted by Crippen LogP contribution is 2.20. The summed E-state index contributed by atoms with van der Waals surface area (Å²) in [4.78, 5) is 26.6. The Morgan fingerprint density at radius 3 is 2.65 bits per heavy atom. The lowest BCUT2D eigenvalue weighted by molar-refractivity contribution is -0.130. The van der Waals surface area contributed by atoms with Crippen LogP contribution < -0.4 is 5.32 Å². The van der Waals surface area contributed by atoms with E-state index >= 15 is 0 Å². The first-order valence-electron chi connectivity index (χ1n) is 6.62. The maximum Gasteiger partial charge on any atom is 0.252 e. The number of carbonyl (C=O) groups is 2. The van der Waals surface area contributed by atoms with Crippen LogP contribution in [-0.4, -0.2) is 36.3 Å². The summed E-state index contributed by atoms with van der Waals surface area (Å²) >= 11 is 7.54. The molecule has 4 nitrogen and oxygen atoms in total. The van der Waals surface area contributed by atoms with Crippen LogP contribution >= 0.6 is 28.6 Å². The first-order valence-corrected chi connectivity index (χ1v) is 7.86. The molecule has 0 radical (unpaired) electrons. The van der Waals surface area contributed by atoms with Crippen molar-refractivity contribution in [2.45, 2.75) is 24.2 Å². The van der Waals surface area contributed by atoms with E-state index in [0.29, 0.717) is 14.9 Å². The number of thiol groups is 1. The molecule has 0 aromatic heterocycles. The maximum atomic E-state index is 12.1. The second-order valence-electron chi connectivity index (χ2n) is 4.79. The fourth-order valence-electron chi connectivity index (χ4n) is 2.19. The molecule has 1 N–H and O–H groups in total. The lowest BCUT2D eigenvalue weighted by atomic mass is 10.1. The Kier molecular flexibility index (Phi) is 5.48. The SMILES string of the molecule is O=C(NCC(=O)N1CCCCC1)c1cc(S)ccc1Br. The van der Waals surface area contributed by atoms with Gasteiger partial charge in [0.25, 0.3) is 5.91 Å². The number of halogens is 1. The van der Waals surface area contributed by atoms with Gasteiger partial charge < -0.3 is 10.2 Å². The molecule has 0 aliphatic carbocycles. The molecule has 0 atom stereocenters. The highest BCUT2D eigenvalue weighted by atomic mass is 79.9. The van der Waals surface area contributed by atoms with Gasteiger partial charge in [0.05, 0.1) is 12.1 Å². The van der Waals surface area contributed by atoms with Gasteiger partial charge in [0.1, 0.15) is 0 Å². The molecule has 2 amide bonds. The quantitative estimate of drug-likeness (QED) is 0.817. The third-order valence-electron chi connectivity index (χ3n) is 3.30. The Labute approximate surface area is 132 Å². The van der Waals surface area contributed by atoms with Crippen LogP contribution in [0.5, 0.6) is 0 Å². The van der Waals surface area contributed by atoms with Crippen molar-refractivity contribution in [3.05, 3.63) is 28.2 Å². The third-order valence-corrected chi connectivity index (χ3v) is 4.27. The van der Waals surface area contributed by atoms with Crippen LogP contribution in [0.4, 0.5) is 0 Å². The lowest BCUT2D eigenvalue weighted by Gasteiger charge is -2.26. The number of benzene rings is 1. The third kappa shape index (κ3) is 3.99. The summed E-state index contributed by atoms with van der Waals surface area (Å²) in [5.41, 5.74) is 0.490. The van der Waals surface area contributed by atoms with Gasteiger partial charge in [0, 0.05) is 22.5 Å². The van der Waals surface area contributed by atoms with Gasteiger partial charge in [-0.1, -0.05) is 0 Å². The Hall–Kier alpha value is -1.01. The topological polar surface area (TPSA) is 49.4 Å². The van der Waals surface area contributed by atoms with Crippen LogP contribution in [0.2, 0.25) is 0 Å². The zero-order valence-corrected chi connectivity index (χ0v) is 13.5. The molecular formula is C14H17BrN2O2S. The number of likely N-dealkylation sites (tertiary alicyclic amines) is 1. The van der Waals surface area contributed by atoms with E-state index in [9.17, 15) is 9.59 Å². The van der Waals surface area contributed by atoms with Gasteiger partial charge >= 0.3 is 0 Å². The highest BCUT2D eigenvalue weighted by molar-refractivity contribution is 9.10. The van der Waals surface area contributed by atoms with Gasteiger partial charge in [-0.25, -0.2) is 0 Å². The van der Waals surface area contributed by atoms with Crippen molar-refractivity contribution in [1.29, 1.82) is 0 Å². The summed E-state index contributed by atoms with van der Waals surface area (Å²) in [6, 6.07) is 5.24. The van der Waals surface area contributed by atoms with E-state index in [2.05, 4.69) is 33.9 Å². The first-order chi connectivity index (χ1) is 9.58. The van der Waals surface area contributed by atoms with E-state index in [-0.39, 0.29) is 18.4 Å². The number of amides is 2. The fraction of sp³-hybridized carbons (Fsp3) is 0.429. The number of nitrogens with zero attached hydrogens (tertiary/aromatic N) is 1. The molecule has 6 heteroatoms. The second-order valence-corrected chi connectivity index (χ2v) is 6.16. The van der Waals surface area contributed by atoms with E-state index in [4.69, 9.17) is 0 Å². The van der Waals surface area contributed by atoms with Crippen LogP contribution in [0.1, 0.15) is 29.6 Å². The molecule has 0 saturated carbocycles. The van der Waals surface area contributed by atoms with E-state index < -0.39 is 0 Å². The number of piperidine rings is 1. The summed E-state index contributed by atoms with van der Waals surface area (Å²) in [6.07, 6.45) is 3.28. The molecule has 1 heterocycles. The van der Waals surface area contributed by atoms with Gasteiger partial charge in [-0.05, 0) is 53.4 Å². The summed E-state index contributed by atoms with van der Waals surface area (Å²) < 4.78 is 0.693. The Balaban J connectivity index is 1.91. The number of carbonyl (C=O) groups excluding carboxylic acids is 2. The van der Waals surface area contributed by atoms with E-state index in [0.717, 1.165) is 25.9 Å². The minimum atomic E-state index is -0.266. The molecule has 0 unspecified atom stereocenters. The summed E-state index contributed by atoms with van der Waals surface area (Å²) in [7, 11) is 0. The van der Waals surface area contributed by atoms with Crippen LogP contribution in [0.15, 0.2) is 27.6 Å². The van der Waals surface area contributed by atoms with Crippen molar-refractivity contribution in [2.24, 2.45) is 0 Å². The van der Waals surface area contributed by atoms with Gasteiger partial charge in [0.15, 0.2) is 0 Å². The van der Waals surface area contributed by atoms with Crippen molar-refractivity contribution in [2.75, 3.05) is 19.6 Å². The molecule has 108 valence electrons. The highest BCUT2D eigenvalue weighted by Gasteiger charge is 2.18. The second kappa shape index (κ2) is 7.13. The molecule has 1 aromatic rings. The number of hydrogen-bond donors (Lipinski definition) is 2. The van der Waals surface area contributed by atoms with Gasteiger partial charge in [0.2, 0.25) is 5.91 Å². The predicted molar refractivity (Wildman–Crippen MR) is 84.2 cm³/mol. The lowest BCUT2D eigenvalue weighted by Crippen LogP contribution is -2.42. The molecule has 1 aromatic carbocycles. The van der Waals surface area contributed by atoms with Crippen LogP contribution in [0.25, 0.3) is 0 Å². The fourth-order valence-corrected chi connectivity index (χ4v) is 2.82. The average Bonchev–Trinajstić information content (AvgIpc) is 2.47. The monoisotopic (exact) mass is 356 g/mol. The number of hydrogen-bond acceptors (Lipinski definition) is 3. The number of rotatable bonds is 3. The molecule has 1 aliphatic rings. The largest absolute Gasteiger partial charge is 0.343 e. The van der Waals surface area contributed by atoms with Crippen molar-refractivity contribution in [3.8, 4) is 0 Å². The Morgan fingerprint density at radius 2 is 1.95 bits per heavy atom. The zero-order chi connectivity index (χ0) is 14.5. The van der Waals surface area contributed by atoms with Gasteiger partial charge in [-0.15, -0.1) is 12.6 Å². The van der Waals surface area contributed by atoms with Gasteiger partial charge in [-0.3, -0.25) is 9.59 Å². The standard InChI is InChI=1S/C14H17BrN2O2S/c15-12-5-4-10(20)8-11(12)14(19)16-9-13(18)17-6-2-1-3-7-17/h4-5,8,20H,1-3,6-7,9H2,(H,16,19). The molecule has 20 heavy (non-hydrogen) atoms. The van der Waals surface area contributed by atoms with Crippen molar-refractivity contribution >= 4 is 40.4 Å². The molecule has 2 rings (SSSR count). The predicted octanol–water partition coefficient (Wildman–Crippen LogP) is 2.48. The van der Waals surface area contributed by atoms with Crippen molar-refractivity contribution in [1.82, 2.24) is 10.2 Å². The Bertz CT molecular complexity index is 516. The van der Waals surface area contributed by atoms with Crippen LogP contribution in [-0.2, 0) is 4.79 Å². The smallest absolute Gasteiger partial charge is 0.252 e. The molecule has 1 aliphatic heterocycles.